The van der Waals surface area contributed by atoms with Gasteiger partial charge in [0.2, 0.25) is 0 Å². The van der Waals surface area contributed by atoms with Crippen molar-refractivity contribution in [3.8, 4) is 0 Å². The minimum atomic E-state index is 0. The van der Waals surface area contributed by atoms with E-state index in [0.717, 1.165) is 0 Å². The summed E-state index contributed by atoms with van der Waals surface area (Å²) in [4.78, 5) is 0. The van der Waals surface area contributed by atoms with Crippen LogP contribution in [-0.4, -0.2) is 18.0 Å². The molecule has 0 aliphatic rings. The van der Waals surface area contributed by atoms with Gasteiger partial charge in [-0.1, -0.05) is 25.3 Å². The summed E-state index contributed by atoms with van der Waals surface area (Å²) < 4.78 is 0. The van der Waals surface area contributed by atoms with Crippen LogP contribution in [0.15, 0.2) is 25.3 Å². The number of hydrogen-bond donors (Lipinski definition) is 0. The standard InChI is InChI=1S/C4H6.AsH3/c1-3-4-2;/h3-4H,1-2H2;1H3. The van der Waals surface area contributed by atoms with E-state index in [1.54, 1.807) is 12.2 Å². The van der Waals surface area contributed by atoms with E-state index in [1.807, 2.05) is 0 Å². The zero-order valence-electron chi connectivity index (χ0n) is 3.28. The molecule has 0 heterocycles. The fraction of sp³-hybridized carbons (Fsp3) is 0. The van der Waals surface area contributed by atoms with Gasteiger partial charge < -0.3 is 0 Å². The summed E-state index contributed by atoms with van der Waals surface area (Å²) in [7, 11) is 0. The molecule has 0 spiro atoms. The molecule has 0 bridgehead atoms. The van der Waals surface area contributed by atoms with Crippen LogP contribution in [-0.2, 0) is 0 Å². The summed E-state index contributed by atoms with van der Waals surface area (Å²) in [5.74, 6) is 0. The maximum absolute atomic E-state index is 3.36. The second kappa shape index (κ2) is 8.97. The van der Waals surface area contributed by atoms with Gasteiger partial charge in [-0.15, -0.1) is 0 Å². The first-order chi connectivity index (χ1) is 1.91. The van der Waals surface area contributed by atoms with E-state index in [1.165, 1.54) is 0 Å². The molecule has 5 heavy (non-hydrogen) atoms. The van der Waals surface area contributed by atoms with E-state index >= 15 is 0 Å². The maximum atomic E-state index is 3.36. The molecule has 0 fully saturated rings. The summed E-state index contributed by atoms with van der Waals surface area (Å²) >= 11 is 0. The van der Waals surface area contributed by atoms with Crippen LogP contribution in [0.3, 0.4) is 0 Å². The fourth-order valence-corrected chi connectivity index (χ4v) is 0. The van der Waals surface area contributed by atoms with Crippen molar-refractivity contribution in [2.45, 2.75) is 0 Å². The van der Waals surface area contributed by atoms with Gasteiger partial charge in [0.25, 0.3) is 0 Å². The van der Waals surface area contributed by atoms with Gasteiger partial charge in [0.15, 0.2) is 0 Å². The Balaban J connectivity index is 0. The van der Waals surface area contributed by atoms with E-state index in [-0.39, 0.29) is 18.0 Å². The first-order valence-corrected chi connectivity index (χ1v) is 1.15. The van der Waals surface area contributed by atoms with Crippen molar-refractivity contribution in [2.24, 2.45) is 0 Å². The van der Waals surface area contributed by atoms with E-state index in [0.29, 0.717) is 0 Å². The molecule has 0 radical (unpaired) electrons. The molecule has 0 aromatic rings. The van der Waals surface area contributed by atoms with Crippen LogP contribution in [0.5, 0.6) is 0 Å². The zero-order valence-corrected chi connectivity index (χ0v) is 6.24. The van der Waals surface area contributed by atoms with Gasteiger partial charge in [-0.05, 0) is 0 Å². The molecule has 0 saturated heterocycles. The molecule has 0 aromatic heterocycles. The molecule has 1 heteroatoms. The van der Waals surface area contributed by atoms with Gasteiger partial charge in [0.05, 0.1) is 0 Å². The Morgan fingerprint density at radius 2 is 1.20 bits per heavy atom. The van der Waals surface area contributed by atoms with E-state index in [2.05, 4.69) is 13.2 Å². The predicted octanol–water partition coefficient (Wildman–Crippen LogP) is 0.174. The fourth-order valence-electron chi connectivity index (χ4n) is 0. The molecule has 1 unspecified atom stereocenters. The second-order valence-electron chi connectivity index (χ2n) is 0.471. The van der Waals surface area contributed by atoms with Gasteiger partial charge in [0, 0.05) is 0 Å². The average molecular weight is 132 g/mol. The van der Waals surface area contributed by atoms with Gasteiger partial charge in [-0.3, -0.25) is 0 Å². The van der Waals surface area contributed by atoms with Crippen LogP contribution in [0.25, 0.3) is 0 Å². The third kappa shape index (κ3) is 15.6. The third-order valence-corrected chi connectivity index (χ3v) is 0.167. The summed E-state index contributed by atoms with van der Waals surface area (Å²) in [6.45, 7) is 6.72. The van der Waals surface area contributed by atoms with Crippen molar-refractivity contribution < 1.29 is 0 Å². The van der Waals surface area contributed by atoms with Crippen molar-refractivity contribution in [2.75, 3.05) is 0 Å². The van der Waals surface area contributed by atoms with Crippen LogP contribution < -0.4 is 0 Å². The normalized spacial score (nSPS) is 4.00. The topological polar surface area (TPSA) is 0 Å². The van der Waals surface area contributed by atoms with Crippen LogP contribution in [0.1, 0.15) is 0 Å². The van der Waals surface area contributed by atoms with Crippen molar-refractivity contribution in [3.05, 3.63) is 25.3 Å². The van der Waals surface area contributed by atoms with E-state index in [4.69, 9.17) is 0 Å². The molecule has 0 rings (SSSR count). The van der Waals surface area contributed by atoms with Crippen LogP contribution in [0, 0.1) is 0 Å². The molecule has 30 valence electrons. The van der Waals surface area contributed by atoms with E-state index in [9.17, 15) is 0 Å². The van der Waals surface area contributed by atoms with Gasteiger partial charge in [0.1, 0.15) is 0 Å². The molecular weight excluding hydrogens is 123 g/mol. The average Bonchev–Trinajstić information content (AvgIpc) is 1.37. The Morgan fingerprint density at radius 1 is 1.00 bits per heavy atom. The second-order valence-corrected chi connectivity index (χ2v) is 0.471. The summed E-state index contributed by atoms with van der Waals surface area (Å²) in [5.41, 5.74) is 0. The minimum absolute atomic E-state index is 0. The molecule has 1 atom stereocenters. The first kappa shape index (κ1) is 8.90. The van der Waals surface area contributed by atoms with E-state index < -0.39 is 0 Å². The predicted molar refractivity (Wildman–Crippen MR) is 30.3 cm³/mol. The van der Waals surface area contributed by atoms with Gasteiger partial charge in [-0.25, -0.2) is 0 Å². The molecule has 0 N–H and O–H groups in total. The summed E-state index contributed by atoms with van der Waals surface area (Å²) in [5, 5.41) is 0. The summed E-state index contributed by atoms with van der Waals surface area (Å²) in [6.07, 6.45) is 3.28. The van der Waals surface area contributed by atoms with Crippen LogP contribution in [0.4, 0.5) is 0 Å². The summed E-state index contributed by atoms with van der Waals surface area (Å²) in [6, 6.07) is 0. The van der Waals surface area contributed by atoms with Crippen LogP contribution in [0.2, 0.25) is 0 Å². The molecule has 0 aromatic carbocycles. The van der Waals surface area contributed by atoms with Crippen molar-refractivity contribution in [1.29, 1.82) is 0 Å². The van der Waals surface area contributed by atoms with Gasteiger partial charge >= 0.3 is 18.0 Å². The third-order valence-electron chi connectivity index (χ3n) is 0.167. The Morgan fingerprint density at radius 3 is 1.20 bits per heavy atom. The molecule has 0 saturated carbocycles. The molecule has 0 aliphatic heterocycles. The van der Waals surface area contributed by atoms with Crippen molar-refractivity contribution in [1.82, 2.24) is 0 Å². The quantitative estimate of drug-likeness (QED) is 0.352. The van der Waals surface area contributed by atoms with Gasteiger partial charge in [-0.2, -0.15) is 0 Å². The Hall–Kier alpha value is 0.0384. The Labute approximate surface area is 43.9 Å². The van der Waals surface area contributed by atoms with Crippen LogP contribution >= 0.6 is 0 Å². The molecule has 0 amide bonds. The Bertz CT molecular complexity index is 24.6. The number of rotatable bonds is 1. The molecular formula is C4H9As. The Kier molecular flexibility index (Phi) is 16.0. The molecule has 0 nitrogen and oxygen atoms in total. The SMILES string of the molecule is C=CC=C.[AsH3]. The zero-order chi connectivity index (χ0) is 3.41. The number of hydrogen-bond acceptors (Lipinski definition) is 0. The monoisotopic (exact) mass is 132 g/mol. The van der Waals surface area contributed by atoms with Crippen molar-refractivity contribution in [3.63, 3.8) is 0 Å². The molecule has 0 aliphatic carbocycles. The number of allylic oxidation sites excluding steroid dienone is 2. The van der Waals surface area contributed by atoms with Crippen molar-refractivity contribution >= 4 is 18.0 Å². The first-order valence-electron chi connectivity index (χ1n) is 1.15.